The Balaban J connectivity index is 2.33. The molecule has 0 radical (unpaired) electrons. The molecule has 2 rings (SSSR count). The predicted molar refractivity (Wildman–Crippen MR) is 109 cm³/mol. The summed E-state index contributed by atoms with van der Waals surface area (Å²) in [6.45, 7) is 12.2. The summed E-state index contributed by atoms with van der Waals surface area (Å²) >= 11 is 0. The van der Waals surface area contributed by atoms with Crippen LogP contribution in [0.15, 0.2) is 12.2 Å². The highest BCUT2D eigenvalue weighted by atomic mass is 28.4. The SMILES string of the molecule is COCO[C@H]1CCC[C@@]12[C@H](CCCO)C=CC[C@H]2O[Si](C)(C)C(C)(C)C. The van der Waals surface area contributed by atoms with Crippen LogP contribution >= 0.6 is 0 Å². The van der Waals surface area contributed by atoms with Gasteiger partial charge in [0.15, 0.2) is 8.32 Å². The molecule has 2 aliphatic carbocycles. The lowest BCUT2D eigenvalue weighted by Crippen LogP contribution is -2.55. The van der Waals surface area contributed by atoms with Gasteiger partial charge in [-0.05, 0) is 56.2 Å². The standard InChI is InChI=1S/C21H40O4Si/c1-20(2,3)26(5,6)25-19-12-7-10-17(11-9-15-22)21(19)14-8-13-18(21)24-16-23-4/h7,10,17-19,22H,8-9,11-16H2,1-6H3/t17-,18-,19+,21+/m0/s1. The third kappa shape index (κ3) is 4.44. The predicted octanol–water partition coefficient (Wildman–Crippen LogP) is 4.88. The van der Waals surface area contributed by atoms with Gasteiger partial charge in [-0.2, -0.15) is 0 Å². The van der Waals surface area contributed by atoms with Crippen LogP contribution in [-0.4, -0.2) is 46.1 Å². The Morgan fingerprint density at radius 3 is 2.58 bits per heavy atom. The monoisotopic (exact) mass is 384 g/mol. The summed E-state index contributed by atoms with van der Waals surface area (Å²) in [4.78, 5) is 0. The van der Waals surface area contributed by atoms with Crippen LogP contribution in [0.4, 0.5) is 0 Å². The van der Waals surface area contributed by atoms with Crippen molar-refractivity contribution in [1.82, 2.24) is 0 Å². The summed E-state index contributed by atoms with van der Waals surface area (Å²) in [5.74, 6) is 0.405. The minimum Gasteiger partial charge on any atom is -0.413 e. The molecule has 1 spiro atoms. The van der Waals surface area contributed by atoms with Gasteiger partial charge >= 0.3 is 0 Å². The first-order valence-electron chi connectivity index (χ1n) is 10.2. The molecule has 0 aromatic carbocycles. The third-order valence-corrected chi connectivity index (χ3v) is 11.5. The summed E-state index contributed by atoms with van der Waals surface area (Å²) in [5, 5.41) is 9.59. The molecule has 0 heterocycles. The number of aliphatic hydroxyl groups is 1. The van der Waals surface area contributed by atoms with Gasteiger partial charge in [0.1, 0.15) is 6.79 Å². The molecular weight excluding hydrogens is 344 g/mol. The lowest BCUT2D eigenvalue weighted by atomic mass is 9.63. The molecule has 1 saturated carbocycles. The smallest absolute Gasteiger partial charge is 0.192 e. The molecule has 1 N–H and O–H groups in total. The second-order valence-corrected chi connectivity index (χ2v) is 14.3. The van der Waals surface area contributed by atoms with Crippen molar-refractivity contribution in [2.75, 3.05) is 20.5 Å². The summed E-state index contributed by atoms with van der Waals surface area (Å²) in [7, 11) is -0.188. The van der Waals surface area contributed by atoms with Gasteiger partial charge in [-0.1, -0.05) is 39.3 Å². The topological polar surface area (TPSA) is 47.9 Å². The van der Waals surface area contributed by atoms with Gasteiger partial charge in [-0.25, -0.2) is 0 Å². The van der Waals surface area contributed by atoms with E-state index in [4.69, 9.17) is 13.9 Å². The zero-order valence-corrected chi connectivity index (χ0v) is 18.7. The molecule has 0 saturated heterocycles. The van der Waals surface area contributed by atoms with E-state index in [1.165, 1.54) is 6.42 Å². The first kappa shape index (κ1) is 22.1. The molecule has 0 aromatic rings. The number of allylic oxidation sites excluding steroid dienone is 1. The van der Waals surface area contributed by atoms with Crippen LogP contribution in [0.5, 0.6) is 0 Å². The Morgan fingerprint density at radius 2 is 1.96 bits per heavy atom. The number of ether oxygens (including phenoxy) is 2. The van der Waals surface area contributed by atoms with Crippen molar-refractivity contribution in [1.29, 1.82) is 0 Å². The average molecular weight is 385 g/mol. The van der Waals surface area contributed by atoms with Gasteiger partial charge in [-0.15, -0.1) is 0 Å². The lowest BCUT2D eigenvalue weighted by Gasteiger charge is -2.52. The first-order valence-corrected chi connectivity index (χ1v) is 13.2. The number of methoxy groups -OCH3 is 1. The van der Waals surface area contributed by atoms with Crippen LogP contribution in [-0.2, 0) is 13.9 Å². The maximum atomic E-state index is 9.39. The van der Waals surface area contributed by atoms with Crippen molar-refractivity contribution < 1.29 is 19.0 Å². The van der Waals surface area contributed by atoms with Crippen molar-refractivity contribution in [3.63, 3.8) is 0 Å². The van der Waals surface area contributed by atoms with Gasteiger partial charge in [0.2, 0.25) is 0 Å². The highest BCUT2D eigenvalue weighted by molar-refractivity contribution is 6.74. The van der Waals surface area contributed by atoms with E-state index in [0.717, 1.165) is 32.1 Å². The lowest BCUT2D eigenvalue weighted by molar-refractivity contribution is -0.151. The molecule has 1 fully saturated rings. The molecule has 4 nitrogen and oxygen atoms in total. The second-order valence-electron chi connectivity index (χ2n) is 9.57. The summed E-state index contributed by atoms with van der Waals surface area (Å²) in [5.41, 5.74) is 0.0119. The van der Waals surface area contributed by atoms with Crippen molar-refractivity contribution in [2.24, 2.45) is 11.3 Å². The first-order chi connectivity index (χ1) is 12.2. The minimum absolute atomic E-state index is 0.0119. The van der Waals surface area contributed by atoms with Gasteiger partial charge in [0.05, 0.1) is 12.2 Å². The van der Waals surface area contributed by atoms with E-state index < -0.39 is 8.32 Å². The van der Waals surface area contributed by atoms with Crippen molar-refractivity contribution >= 4 is 8.32 Å². The summed E-state index contributed by atoms with van der Waals surface area (Å²) in [6.07, 6.45) is 11.2. The quantitative estimate of drug-likeness (QED) is 0.368. The summed E-state index contributed by atoms with van der Waals surface area (Å²) in [6, 6.07) is 0. The van der Waals surface area contributed by atoms with Crippen LogP contribution < -0.4 is 0 Å². The van der Waals surface area contributed by atoms with E-state index in [9.17, 15) is 5.11 Å². The Labute approximate surface area is 161 Å². The highest BCUT2D eigenvalue weighted by Crippen LogP contribution is 2.55. The Morgan fingerprint density at radius 1 is 1.23 bits per heavy atom. The van der Waals surface area contributed by atoms with Crippen molar-refractivity contribution in [3.8, 4) is 0 Å². The Hall–Kier alpha value is -0.203. The molecule has 0 amide bonds. The zero-order chi connectivity index (χ0) is 19.4. The molecular formula is C21H40O4Si. The number of rotatable bonds is 8. The van der Waals surface area contributed by atoms with Gasteiger partial charge in [-0.3, -0.25) is 0 Å². The second kappa shape index (κ2) is 8.87. The Kier molecular flexibility index (Phi) is 7.53. The molecule has 5 heteroatoms. The number of hydrogen-bond acceptors (Lipinski definition) is 4. The van der Waals surface area contributed by atoms with Gasteiger partial charge in [0.25, 0.3) is 0 Å². The fourth-order valence-corrected chi connectivity index (χ4v) is 5.96. The molecule has 26 heavy (non-hydrogen) atoms. The molecule has 0 aromatic heterocycles. The van der Waals surface area contributed by atoms with E-state index in [2.05, 4.69) is 46.0 Å². The third-order valence-electron chi connectivity index (χ3n) is 6.99. The van der Waals surface area contributed by atoms with E-state index in [1.807, 2.05) is 0 Å². The Bertz CT molecular complexity index is 471. The van der Waals surface area contributed by atoms with E-state index in [0.29, 0.717) is 12.7 Å². The van der Waals surface area contributed by atoms with E-state index in [-0.39, 0.29) is 29.3 Å². The number of hydrogen-bond donors (Lipinski definition) is 1. The van der Waals surface area contributed by atoms with Crippen LogP contribution in [0.3, 0.4) is 0 Å². The molecule has 4 atom stereocenters. The van der Waals surface area contributed by atoms with Gasteiger partial charge in [0, 0.05) is 19.1 Å². The zero-order valence-electron chi connectivity index (χ0n) is 17.7. The number of aliphatic hydroxyl groups excluding tert-OH is 1. The van der Waals surface area contributed by atoms with E-state index >= 15 is 0 Å². The van der Waals surface area contributed by atoms with Crippen LogP contribution in [0, 0.1) is 11.3 Å². The molecule has 2 aliphatic rings. The molecule has 0 unspecified atom stereocenters. The maximum absolute atomic E-state index is 9.39. The van der Waals surface area contributed by atoms with Crippen molar-refractivity contribution in [3.05, 3.63) is 12.2 Å². The normalized spacial score (nSPS) is 32.5. The van der Waals surface area contributed by atoms with Crippen LogP contribution in [0.25, 0.3) is 0 Å². The van der Waals surface area contributed by atoms with E-state index in [1.54, 1.807) is 7.11 Å². The highest BCUT2D eigenvalue weighted by Gasteiger charge is 2.56. The molecule has 152 valence electrons. The summed E-state index contributed by atoms with van der Waals surface area (Å²) < 4.78 is 18.4. The molecule has 0 bridgehead atoms. The van der Waals surface area contributed by atoms with Crippen LogP contribution in [0.2, 0.25) is 18.1 Å². The van der Waals surface area contributed by atoms with Crippen LogP contribution in [0.1, 0.15) is 59.3 Å². The molecule has 0 aliphatic heterocycles. The maximum Gasteiger partial charge on any atom is 0.192 e. The minimum atomic E-state index is -1.88. The van der Waals surface area contributed by atoms with Crippen molar-refractivity contribution in [2.45, 2.75) is 89.6 Å². The fourth-order valence-electron chi connectivity index (χ4n) is 4.57. The average Bonchev–Trinajstić information content (AvgIpc) is 2.97. The fraction of sp³-hybridized carbons (Fsp3) is 0.905. The van der Waals surface area contributed by atoms with Gasteiger partial charge < -0.3 is 19.0 Å². The largest absolute Gasteiger partial charge is 0.413 e.